The molecule has 0 N–H and O–H groups in total. The van der Waals surface area contributed by atoms with Gasteiger partial charge in [0.05, 0.1) is 5.56 Å². The number of alkyl halides is 3. The predicted molar refractivity (Wildman–Crippen MR) is 71.6 cm³/mol. The summed E-state index contributed by atoms with van der Waals surface area (Å²) in [6, 6.07) is 8.84. The van der Waals surface area contributed by atoms with Crippen LogP contribution in [0, 0.1) is 6.92 Å². The fourth-order valence-corrected chi connectivity index (χ4v) is 2.39. The van der Waals surface area contributed by atoms with Crippen LogP contribution in [0.4, 0.5) is 13.2 Å². The third kappa shape index (κ3) is 3.04. The standard InChI is InChI=1S/C14H9Cl2F3/c1-8-6-9(2-5-12(8)14(17,18)19)11-4-3-10(15)7-13(11)16/h2-7H,1H3. The largest absolute Gasteiger partial charge is 0.416 e. The van der Waals surface area contributed by atoms with Crippen LogP contribution >= 0.6 is 23.2 Å². The Morgan fingerprint density at radius 3 is 2.16 bits per heavy atom. The molecular formula is C14H9Cl2F3. The summed E-state index contributed by atoms with van der Waals surface area (Å²) >= 11 is 11.8. The van der Waals surface area contributed by atoms with Crippen molar-refractivity contribution in [1.29, 1.82) is 0 Å². The zero-order chi connectivity index (χ0) is 14.2. The van der Waals surface area contributed by atoms with E-state index in [4.69, 9.17) is 23.2 Å². The molecule has 0 nitrogen and oxygen atoms in total. The summed E-state index contributed by atoms with van der Waals surface area (Å²) in [4.78, 5) is 0. The van der Waals surface area contributed by atoms with E-state index in [9.17, 15) is 13.2 Å². The van der Waals surface area contributed by atoms with Crippen LogP contribution in [0.1, 0.15) is 11.1 Å². The average Bonchev–Trinajstić information content (AvgIpc) is 2.26. The van der Waals surface area contributed by atoms with Crippen LogP contribution < -0.4 is 0 Å². The second kappa shape index (κ2) is 5.06. The van der Waals surface area contributed by atoms with Crippen LogP contribution in [-0.2, 0) is 6.18 Å². The van der Waals surface area contributed by atoms with Crippen LogP contribution in [0.5, 0.6) is 0 Å². The highest BCUT2D eigenvalue weighted by molar-refractivity contribution is 6.36. The minimum absolute atomic E-state index is 0.163. The molecule has 2 aromatic carbocycles. The van der Waals surface area contributed by atoms with Gasteiger partial charge in [-0.3, -0.25) is 0 Å². The van der Waals surface area contributed by atoms with Crippen molar-refractivity contribution in [2.75, 3.05) is 0 Å². The van der Waals surface area contributed by atoms with E-state index in [1.54, 1.807) is 18.2 Å². The molecule has 0 aliphatic rings. The van der Waals surface area contributed by atoms with Gasteiger partial charge >= 0.3 is 6.18 Å². The van der Waals surface area contributed by atoms with Gasteiger partial charge < -0.3 is 0 Å². The molecule has 2 rings (SSSR count). The SMILES string of the molecule is Cc1cc(-c2ccc(Cl)cc2Cl)ccc1C(F)(F)F. The van der Waals surface area contributed by atoms with Crippen molar-refractivity contribution in [2.45, 2.75) is 13.1 Å². The summed E-state index contributed by atoms with van der Waals surface area (Å²) in [5.41, 5.74) is 0.812. The van der Waals surface area contributed by atoms with Gasteiger partial charge in [-0.25, -0.2) is 0 Å². The Bertz CT molecular complexity index is 619. The summed E-state index contributed by atoms with van der Waals surface area (Å²) < 4.78 is 38.0. The quantitative estimate of drug-likeness (QED) is 0.607. The Morgan fingerprint density at radius 1 is 0.947 bits per heavy atom. The third-order valence-electron chi connectivity index (χ3n) is 2.77. The van der Waals surface area contributed by atoms with E-state index in [-0.39, 0.29) is 5.56 Å². The molecule has 0 saturated heterocycles. The summed E-state index contributed by atoms with van der Waals surface area (Å²) in [6.45, 7) is 1.43. The molecule has 0 aliphatic carbocycles. The second-order valence-electron chi connectivity index (χ2n) is 4.15. The first kappa shape index (κ1) is 14.2. The van der Waals surface area contributed by atoms with E-state index in [0.717, 1.165) is 6.07 Å². The Kier molecular flexibility index (Phi) is 3.79. The minimum atomic E-state index is -4.34. The first-order chi connectivity index (χ1) is 8.79. The second-order valence-corrected chi connectivity index (χ2v) is 5.00. The van der Waals surface area contributed by atoms with Crippen molar-refractivity contribution in [2.24, 2.45) is 0 Å². The molecule has 0 heterocycles. The first-order valence-corrected chi connectivity index (χ1v) is 6.18. The normalized spacial score (nSPS) is 11.7. The lowest BCUT2D eigenvalue weighted by Gasteiger charge is -2.12. The molecule has 19 heavy (non-hydrogen) atoms. The van der Waals surface area contributed by atoms with Crippen molar-refractivity contribution in [3.05, 3.63) is 57.6 Å². The van der Waals surface area contributed by atoms with E-state index in [1.807, 2.05) is 0 Å². The Morgan fingerprint density at radius 2 is 1.63 bits per heavy atom. The van der Waals surface area contributed by atoms with Crippen molar-refractivity contribution in [3.63, 3.8) is 0 Å². The smallest absolute Gasteiger partial charge is 0.166 e. The van der Waals surface area contributed by atoms with Crippen molar-refractivity contribution >= 4 is 23.2 Å². The molecule has 0 bridgehead atoms. The number of halogens is 5. The van der Waals surface area contributed by atoms with Crippen molar-refractivity contribution < 1.29 is 13.2 Å². The van der Waals surface area contributed by atoms with E-state index in [0.29, 0.717) is 21.2 Å². The van der Waals surface area contributed by atoms with Crippen molar-refractivity contribution in [1.82, 2.24) is 0 Å². The molecule has 2 aromatic rings. The molecule has 5 heteroatoms. The van der Waals surface area contributed by atoms with Crippen LogP contribution in [0.15, 0.2) is 36.4 Å². The van der Waals surface area contributed by atoms with Crippen LogP contribution in [0.2, 0.25) is 10.0 Å². The highest BCUT2D eigenvalue weighted by Gasteiger charge is 2.32. The van der Waals surface area contributed by atoms with E-state index >= 15 is 0 Å². The number of aryl methyl sites for hydroxylation is 1. The fraction of sp³-hybridized carbons (Fsp3) is 0.143. The summed E-state index contributed by atoms with van der Waals surface area (Å²) in [7, 11) is 0. The van der Waals surface area contributed by atoms with Gasteiger partial charge in [-0.1, -0.05) is 41.4 Å². The monoisotopic (exact) mass is 304 g/mol. The summed E-state index contributed by atoms with van der Waals surface area (Å²) in [6.07, 6.45) is -4.34. The molecule has 0 saturated carbocycles. The Balaban J connectivity index is 2.51. The molecule has 0 amide bonds. The molecule has 0 aromatic heterocycles. The highest BCUT2D eigenvalue weighted by atomic mass is 35.5. The third-order valence-corrected chi connectivity index (χ3v) is 3.32. The molecule has 0 atom stereocenters. The van der Waals surface area contributed by atoms with E-state index in [1.165, 1.54) is 19.1 Å². The van der Waals surface area contributed by atoms with Gasteiger partial charge in [0.2, 0.25) is 0 Å². The van der Waals surface area contributed by atoms with Gasteiger partial charge in [0.1, 0.15) is 0 Å². The zero-order valence-corrected chi connectivity index (χ0v) is 11.4. The number of rotatable bonds is 1. The molecular weight excluding hydrogens is 296 g/mol. The molecule has 0 aliphatic heterocycles. The highest BCUT2D eigenvalue weighted by Crippen LogP contribution is 2.36. The van der Waals surface area contributed by atoms with E-state index < -0.39 is 11.7 Å². The minimum Gasteiger partial charge on any atom is -0.166 e. The lowest BCUT2D eigenvalue weighted by molar-refractivity contribution is -0.138. The summed E-state index contributed by atoms with van der Waals surface area (Å²) in [5, 5.41) is 0.893. The molecule has 0 fully saturated rings. The van der Waals surface area contributed by atoms with Crippen molar-refractivity contribution in [3.8, 4) is 11.1 Å². The number of hydrogen-bond donors (Lipinski definition) is 0. The summed E-state index contributed by atoms with van der Waals surface area (Å²) in [5.74, 6) is 0. The zero-order valence-electron chi connectivity index (χ0n) is 9.85. The lowest BCUT2D eigenvalue weighted by atomic mass is 9.99. The maximum atomic E-state index is 12.7. The average molecular weight is 305 g/mol. The molecule has 100 valence electrons. The lowest BCUT2D eigenvalue weighted by Crippen LogP contribution is -2.07. The Labute approximate surface area is 118 Å². The maximum absolute atomic E-state index is 12.7. The Hall–Kier alpha value is -1.19. The van der Waals surface area contributed by atoms with Crippen LogP contribution in [0.3, 0.4) is 0 Å². The fourth-order valence-electron chi connectivity index (χ4n) is 1.87. The molecule has 0 radical (unpaired) electrons. The molecule has 0 unspecified atom stereocenters. The topological polar surface area (TPSA) is 0 Å². The number of benzene rings is 2. The van der Waals surface area contributed by atoms with Gasteiger partial charge in [0.25, 0.3) is 0 Å². The van der Waals surface area contributed by atoms with Gasteiger partial charge in [0, 0.05) is 15.6 Å². The predicted octanol–water partition coefficient (Wildman–Crippen LogP) is 5.99. The maximum Gasteiger partial charge on any atom is 0.416 e. The van der Waals surface area contributed by atoms with Gasteiger partial charge in [-0.2, -0.15) is 13.2 Å². The van der Waals surface area contributed by atoms with Gasteiger partial charge in [0.15, 0.2) is 0 Å². The molecule has 0 spiro atoms. The van der Waals surface area contributed by atoms with Crippen LogP contribution in [-0.4, -0.2) is 0 Å². The number of hydrogen-bond acceptors (Lipinski definition) is 0. The van der Waals surface area contributed by atoms with Gasteiger partial charge in [-0.15, -0.1) is 0 Å². The van der Waals surface area contributed by atoms with Gasteiger partial charge in [-0.05, 0) is 36.2 Å². The first-order valence-electron chi connectivity index (χ1n) is 5.42. The van der Waals surface area contributed by atoms with Crippen LogP contribution in [0.25, 0.3) is 11.1 Å². The van der Waals surface area contributed by atoms with E-state index in [2.05, 4.69) is 0 Å².